The summed E-state index contributed by atoms with van der Waals surface area (Å²) in [6.07, 6.45) is 0.965. The van der Waals surface area contributed by atoms with Gasteiger partial charge in [0.1, 0.15) is 5.75 Å². The van der Waals surface area contributed by atoms with Gasteiger partial charge in [-0.25, -0.2) is 13.1 Å². The van der Waals surface area contributed by atoms with Gasteiger partial charge in [-0.1, -0.05) is 60.7 Å². The van der Waals surface area contributed by atoms with E-state index in [1.54, 1.807) is 17.0 Å². The standard InChI is InChI=1S/C28H32N2O5S/c1-35-26-12-14-27(15-13-26)36(33,34)29-19-25(31)20-30-24(17-22-10-6-3-7-11-22)18-23(28(30)32)16-21-8-4-2-5-9-21/h2-15,23-25,29,31H,16-20H2,1H3/t23-,24-,25+/m0/s1. The molecule has 3 atom stereocenters. The molecule has 1 aliphatic heterocycles. The summed E-state index contributed by atoms with van der Waals surface area (Å²) in [5.74, 6) is 0.372. The molecule has 0 saturated carbocycles. The average Bonchev–Trinajstić information content (AvgIpc) is 3.17. The summed E-state index contributed by atoms with van der Waals surface area (Å²) in [4.78, 5) is 15.2. The molecule has 4 rings (SSSR count). The van der Waals surface area contributed by atoms with Gasteiger partial charge in [0.05, 0.1) is 18.1 Å². The van der Waals surface area contributed by atoms with Crippen LogP contribution < -0.4 is 9.46 Å². The summed E-state index contributed by atoms with van der Waals surface area (Å²) in [6, 6.07) is 25.8. The maximum absolute atomic E-state index is 13.4. The largest absolute Gasteiger partial charge is 0.497 e. The van der Waals surface area contributed by atoms with Crippen molar-refractivity contribution in [3.63, 3.8) is 0 Å². The van der Waals surface area contributed by atoms with Crippen LogP contribution in [0.25, 0.3) is 0 Å². The number of benzene rings is 3. The van der Waals surface area contributed by atoms with Crippen molar-refractivity contribution in [2.75, 3.05) is 20.2 Å². The Morgan fingerprint density at radius 2 is 1.53 bits per heavy atom. The lowest BCUT2D eigenvalue weighted by molar-refractivity contribution is -0.133. The van der Waals surface area contributed by atoms with Gasteiger partial charge < -0.3 is 14.7 Å². The molecule has 190 valence electrons. The molecule has 3 aromatic rings. The summed E-state index contributed by atoms with van der Waals surface area (Å²) in [5, 5.41) is 10.7. The maximum Gasteiger partial charge on any atom is 0.240 e. The third kappa shape index (κ3) is 6.51. The van der Waals surface area contributed by atoms with Crippen LogP contribution in [-0.2, 0) is 27.7 Å². The van der Waals surface area contributed by atoms with E-state index >= 15 is 0 Å². The van der Waals surface area contributed by atoms with Crippen molar-refractivity contribution < 1.29 is 23.1 Å². The predicted molar refractivity (Wildman–Crippen MR) is 138 cm³/mol. The monoisotopic (exact) mass is 508 g/mol. The van der Waals surface area contributed by atoms with E-state index in [2.05, 4.69) is 4.72 Å². The van der Waals surface area contributed by atoms with Crippen LogP contribution in [0.4, 0.5) is 0 Å². The molecular weight excluding hydrogens is 476 g/mol. The van der Waals surface area contributed by atoms with Gasteiger partial charge in [0.25, 0.3) is 0 Å². The second-order valence-electron chi connectivity index (χ2n) is 9.14. The van der Waals surface area contributed by atoms with Gasteiger partial charge in [0, 0.05) is 25.0 Å². The molecule has 3 aromatic carbocycles. The van der Waals surface area contributed by atoms with Crippen molar-refractivity contribution >= 4 is 15.9 Å². The molecule has 0 unspecified atom stereocenters. The normalized spacial score (nSPS) is 18.8. The first-order valence-electron chi connectivity index (χ1n) is 12.1. The predicted octanol–water partition coefficient (Wildman–Crippen LogP) is 3.04. The van der Waals surface area contributed by atoms with Gasteiger partial charge in [-0.15, -0.1) is 0 Å². The van der Waals surface area contributed by atoms with Crippen LogP contribution in [0.5, 0.6) is 5.75 Å². The molecule has 7 nitrogen and oxygen atoms in total. The van der Waals surface area contributed by atoms with Crippen molar-refractivity contribution in [1.29, 1.82) is 0 Å². The fourth-order valence-corrected chi connectivity index (χ4v) is 5.77. The molecule has 0 bridgehead atoms. The molecule has 1 aliphatic rings. The number of hydrogen-bond donors (Lipinski definition) is 2. The average molecular weight is 509 g/mol. The van der Waals surface area contributed by atoms with E-state index in [1.165, 1.54) is 19.2 Å². The highest BCUT2D eigenvalue weighted by molar-refractivity contribution is 7.89. The minimum Gasteiger partial charge on any atom is -0.497 e. The lowest BCUT2D eigenvalue weighted by Crippen LogP contribution is -2.44. The number of rotatable bonds is 11. The minimum atomic E-state index is -3.81. The number of aliphatic hydroxyl groups excluding tert-OH is 1. The van der Waals surface area contributed by atoms with Crippen molar-refractivity contribution in [2.24, 2.45) is 5.92 Å². The smallest absolute Gasteiger partial charge is 0.240 e. The van der Waals surface area contributed by atoms with E-state index in [4.69, 9.17) is 4.74 Å². The Balaban J connectivity index is 1.43. The number of sulfonamides is 1. The highest BCUT2D eigenvalue weighted by atomic mass is 32.2. The van der Waals surface area contributed by atoms with Gasteiger partial charge in [0.2, 0.25) is 15.9 Å². The highest BCUT2D eigenvalue weighted by Crippen LogP contribution is 2.30. The zero-order valence-corrected chi connectivity index (χ0v) is 21.1. The topological polar surface area (TPSA) is 95.9 Å². The van der Waals surface area contributed by atoms with Gasteiger partial charge in [-0.2, -0.15) is 0 Å². The SMILES string of the molecule is COc1ccc(S(=O)(=O)NC[C@@H](O)CN2C(=O)[C@@H](Cc3ccccc3)C[C@@H]2Cc2ccccc2)cc1. The molecule has 0 radical (unpaired) electrons. The van der Waals surface area contributed by atoms with E-state index in [-0.39, 0.29) is 35.9 Å². The molecular formula is C28H32N2O5S. The quantitative estimate of drug-likeness (QED) is 0.415. The van der Waals surface area contributed by atoms with Crippen LogP contribution in [0.2, 0.25) is 0 Å². The number of methoxy groups -OCH3 is 1. The minimum absolute atomic E-state index is 0.00292. The molecule has 2 N–H and O–H groups in total. The lowest BCUT2D eigenvalue weighted by atomic mass is 9.94. The van der Waals surface area contributed by atoms with E-state index in [0.717, 1.165) is 11.1 Å². The number of aliphatic hydroxyl groups is 1. The van der Waals surface area contributed by atoms with Gasteiger partial charge >= 0.3 is 0 Å². The lowest BCUT2D eigenvalue weighted by Gasteiger charge is -2.27. The number of β-amino-alcohol motifs (C(OH)–C–C–N with tert-alkyl or cyclic N) is 1. The van der Waals surface area contributed by atoms with Crippen LogP contribution >= 0.6 is 0 Å². The zero-order valence-electron chi connectivity index (χ0n) is 20.3. The molecule has 0 aliphatic carbocycles. The number of carbonyl (C=O) groups is 1. The molecule has 1 fully saturated rings. The Bertz CT molecular complexity index is 1230. The molecule has 0 aromatic heterocycles. The highest BCUT2D eigenvalue weighted by Gasteiger charge is 2.40. The summed E-state index contributed by atoms with van der Waals surface area (Å²) < 4.78 is 32.8. The summed E-state index contributed by atoms with van der Waals surface area (Å²) in [5.41, 5.74) is 2.22. The van der Waals surface area contributed by atoms with Crippen LogP contribution in [-0.4, -0.2) is 56.7 Å². The number of likely N-dealkylation sites (tertiary alicyclic amines) is 1. The Morgan fingerprint density at radius 1 is 0.944 bits per heavy atom. The van der Waals surface area contributed by atoms with Crippen LogP contribution in [0.1, 0.15) is 17.5 Å². The molecule has 1 amide bonds. The summed E-state index contributed by atoms with van der Waals surface area (Å²) in [7, 11) is -2.30. The van der Waals surface area contributed by atoms with E-state index in [9.17, 15) is 18.3 Å². The van der Waals surface area contributed by atoms with Crippen LogP contribution in [0, 0.1) is 5.92 Å². The second kappa shape index (κ2) is 11.7. The number of carbonyl (C=O) groups excluding carboxylic acids is 1. The first kappa shape index (κ1) is 25.9. The molecule has 1 heterocycles. The van der Waals surface area contributed by atoms with Gasteiger partial charge in [0.15, 0.2) is 0 Å². The zero-order chi connectivity index (χ0) is 25.5. The van der Waals surface area contributed by atoms with Gasteiger partial charge in [-0.3, -0.25) is 4.79 Å². The maximum atomic E-state index is 13.4. The van der Waals surface area contributed by atoms with Crippen molar-refractivity contribution in [3.05, 3.63) is 96.1 Å². The number of hydrogen-bond acceptors (Lipinski definition) is 5. The van der Waals surface area contributed by atoms with E-state index in [0.29, 0.717) is 25.0 Å². The van der Waals surface area contributed by atoms with Gasteiger partial charge in [-0.05, 0) is 54.7 Å². The summed E-state index contributed by atoms with van der Waals surface area (Å²) in [6.45, 7) is -0.133. The Kier molecular flexibility index (Phi) is 8.40. The third-order valence-electron chi connectivity index (χ3n) is 6.55. The third-order valence-corrected chi connectivity index (χ3v) is 7.99. The number of ether oxygens (including phenoxy) is 1. The fraction of sp³-hybridized carbons (Fsp3) is 0.321. The second-order valence-corrected chi connectivity index (χ2v) is 10.9. The molecule has 1 saturated heterocycles. The summed E-state index contributed by atoms with van der Waals surface area (Å²) >= 11 is 0. The number of nitrogens with zero attached hydrogens (tertiary/aromatic N) is 1. The number of amides is 1. The van der Waals surface area contributed by atoms with Crippen LogP contribution in [0.15, 0.2) is 89.8 Å². The Morgan fingerprint density at radius 3 is 2.11 bits per heavy atom. The first-order chi connectivity index (χ1) is 17.4. The molecule has 0 spiro atoms. The number of nitrogens with one attached hydrogen (secondary N) is 1. The first-order valence-corrected chi connectivity index (χ1v) is 13.5. The van der Waals surface area contributed by atoms with Crippen molar-refractivity contribution in [3.8, 4) is 5.75 Å². The fourth-order valence-electron chi connectivity index (χ4n) is 4.69. The van der Waals surface area contributed by atoms with Crippen molar-refractivity contribution in [1.82, 2.24) is 9.62 Å². The van der Waals surface area contributed by atoms with Crippen molar-refractivity contribution in [2.45, 2.75) is 36.3 Å². The van der Waals surface area contributed by atoms with E-state index in [1.807, 2.05) is 60.7 Å². The van der Waals surface area contributed by atoms with E-state index < -0.39 is 16.1 Å². The Labute approximate surface area is 212 Å². The molecule has 8 heteroatoms. The van der Waals surface area contributed by atoms with Crippen LogP contribution in [0.3, 0.4) is 0 Å². The Hall–Kier alpha value is -3.20. The molecule has 36 heavy (non-hydrogen) atoms.